The largest absolute Gasteiger partial charge is 0.494 e. The molecule has 2 N–H and O–H groups in total. The Bertz CT molecular complexity index is 1270. The van der Waals surface area contributed by atoms with Crippen molar-refractivity contribution in [2.45, 2.75) is 13.0 Å². The Balaban J connectivity index is 1.49. The monoisotopic (exact) mass is 428 g/mol. The molecule has 0 atom stereocenters. The minimum atomic E-state index is -0.999. The molecule has 4 aromatic rings. The fourth-order valence-electron chi connectivity index (χ4n) is 2.98. The molecule has 29 heavy (non-hydrogen) atoms. The van der Waals surface area contributed by atoms with E-state index >= 15 is 0 Å². The van der Waals surface area contributed by atoms with Gasteiger partial charge in [-0.25, -0.2) is 9.59 Å². The Morgan fingerprint density at radius 2 is 1.93 bits per heavy atom. The SMILES string of the molecule is O=C(O)c1ccc(OCCCn2c(=O)[nH]c3scc(-c4cccs4)c3c2=O)cc1. The lowest BCUT2D eigenvalue weighted by atomic mass is 10.2. The molecule has 3 aromatic heterocycles. The normalized spacial score (nSPS) is 11.0. The molecule has 0 radical (unpaired) electrons. The summed E-state index contributed by atoms with van der Waals surface area (Å²) in [4.78, 5) is 40.5. The summed E-state index contributed by atoms with van der Waals surface area (Å²) in [6, 6.07) is 9.95. The van der Waals surface area contributed by atoms with Crippen molar-refractivity contribution in [1.82, 2.24) is 9.55 Å². The zero-order valence-corrected chi connectivity index (χ0v) is 16.7. The van der Waals surface area contributed by atoms with Gasteiger partial charge >= 0.3 is 11.7 Å². The molecule has 148 valence electrons. The highest BCUT2D eigenvalue weighted by atomic mass is 32.1. The number of aromatic nitrogens is 2. The molecule has 0 aliphatic heterocycles. The van der Waals surface area contributed by atoms with E-state index in [2.05, 4.69) is 4.98 Å². The summed E-state index contributed by atoms with van der Waals surface area (Å²) in [6.07, 6.45) is 0.452. The van der Waals surface area contributed by atoms with Crippen molar-refractivity contribution in [2.75, 3.05) is 6.61 Å². The molecule has 0 saturated carbocycles. The van der Waals surface area contributed by atoms with Crippen molar-refractivity contribution < 1.29 is 14.6 Å². The molecule has 4 rings (SSSR count). The second kappa shape index (κ2) is 8.06. The van der Waals surface area contributed by atoms with Crippen LogP contribution < -0.4 is 16.0 Å². The van der Waals surface area contributed by atoms with E-state index in [9.17, 15) is 14.4 Å². The van der Waals surface area contributed by atoms with Gasteiger partial charge in [0.2, 0.25) is 0 Å². The summed E-state index contributed by atoms with van der Waals surface area (Å²) < 4.78 is 6.78. The van der Waals surface area contributed by atoms with Crippen LogP contribution in [0.15, 0.2) is 56.7 Å². The topological polar surface area (TPSA) is 101 Å². The first-order chi connectivity index (χ1) is 14.0. The van der Waals surface area contributed by atoms with Crippen LogP contribution in [0.2, 0.25) is 0 Å². The predicted octanol–water partition coefficient (Wildman–Crippen LogP) is 3.65. The Hall–Kier alpha value is -3.17. The number of carboxylic acids is 1. The third-order valence-corrected chi connectivity index (χ3v) is 6.20. The van der Waals surface area contributed by atoms with E-state index in [4.69, 9.17) is 9.84 Å². The molecule has 0 saturated heterocycles. The van der Waals surface area contributed by atoms with Gasteiger partial charge in [0.25, 0.3) is 5.56 Å². The number of benzene rings is 1. The van der Waals surface area contributed by atoms with Gasteiger partial charge in [0.15, 0.2) is 0 Å². The van der Waals surface area contributed by atoms with Gasteiger partial charge in [-0.3, -0.25) is 14.3 Å². The number of carbonyl (C=O) groups is 1. The Labute approximate surface area is 172 Å². The standard InChI is InChI=1S/C20H16N2O5S2/c23-18-16-14(15-3-1-10-28-15)11-29-17(16)21-20(26)22(18)8-2-9-27-13-6-4-12(5-7-13)19(24)25/h1,3-7,10-11H,2,8-9H2,(H,21,26)(H,24,25). The van der Waals surface area contributed by atoms with E-state index in [-0.39, 0.29) is 24.3 Å². The molecule has 0 spiro atoms. The number of carboxylic acid groups (broad SMARTS) is 1. The van der Waals surface area contributed by atoms with Crippen LogP contribution in [-0.4, -0.2) is 27.2 Å². The highest BCUT2D eigenvalue weighted by Crippen LogP contribution is 2.33. The minimum Gasteiger partial charge on any atom is -0.494 e. The van der Waals surface area contributed by atoms with E-state index in [1.807, 2.05) is 22.9 Å². The summed E-state index contributed by atoms with van der Waals surface area (Å²) in [5.41, 5.74) is 0.276. The maximum absolute atomic E-state index is 12.9. The average molecular weight is 428 g/mol. The number of H-pyrrole nitrogens is 1. The fraction of sp³-hybridized carbons (Fsp3) is 0.150. The van der Waals surface area contributed by atoms with Crippen LogP contribution in [-0.2, 0) is 6.54 Å². The summed E-state index contributed by atoms with van der Waals surface area (Å²) in [5, 5.41) is 13.3. The summed E-state index contributed by atoms with van der Waals surface area (Å²) >= 11 is 2.90. The predicted molar refractivity (Wildman–Crippen MR) is 114 cm³/mol. The van der Waals surface area contributed by atoms with Gasteiger partial charge in [-0.05, 0) is 42.1 Å². The molecule has 0 unspecified atom stereocenters. The summed E-state index contributed by atoms with van der Waals surface area (Å²) in [7, 11) is 0. The van der Waals surface area contributed by atoms with Crippen LogP contribution in [0.4, 0.5) is 0 Å². The van der Waals surface area contributed by atoms with Crippen molar-refractivity contribution in [1.29, 1.82) is 0 Å². The highest BCUT2D eigenvalue weighted by molar-refractivity contribution is 7.18. The van der Waals surface area contributed by atoms with Gasteiger partial charge in [0.1, 0.15) is 10.6 Å². The maximum Gasteiger partial charge on any atom is 0.335 e. The Morgan fingerprint density at radius 3 is 2.62 bits per heavy atom. The van der Waals surface area contributed by atoms with Crippen LogP contribution in [0.25, 0.3) is 20.7 Å². The average Bonchev–Trinajstić information content (AvgIpc) is 3.37. The number of aromatic amines is 1. The fourth-order valence-corrected chi connectivity index (χ4v) is 4.74. The van der Waals surface area contributed by atoms with E-state index in [1.165, 1.54) is 28.0 Å². The molecular weight excluding hydrogens is 412 g/mol. The Morgan fingerprint density at radius 1 is 1.14 bits per heavy atom. The summed E-state index contributed by atoms with van der Waals surface area (Å²) in [6.45, 7) is 0.509. The smallest absolute Gasteiger partial charge is 0.335 e. The van der Waals surface area contributed by atoms with Crippen LogP contribution in [0, 0.1) is 0 Å². The van der Waals surface area contributed by atoms with Crippen molar-refractivity contribution in [3.63, 3.8) is 0 Å². The number of rotatable bonds is 7. The van der Waals surface area contributed by atoms with Gasteiger partial charge in [0, 0.05) is 22.4 Å². The zero-order chi connectivity index (χ0) is 20.4. The Kier molecular flexibility index (Phi) is 5.32. The molecule has 1 aromatic carbocycles. The molecule has 0 aliphatic rings. The van der Waals surface area contributed by atoms with Crippen molar-refractivity contribution in [2.24, 2.45) is 0 Å². The van der Waals surface area contributed by atoms with Gasteiger partial charge < -0.3 is 9.84 Å². The summed E-state index contributed by atoms with van der Waals surface area (Å²) in [5.74, 6) is -0.467. The van der Waals surface area contributed by atoms with Crippen LogP contribution in [0.1, 0.15) is 16.8 Å². The third kappa shape index (κ3) is 3.87. The number of thiophene rings is 2. The number of fused-ring (bicyclic) bond motifs is 1. The van der Waals surface area contributed by atoms with Crippen molar-refractivity contribution in [3.8, 4) is 16.2 Å². The van der Waals surface area contributed by atoms with Gasteiger partial charge in [-0.15, -0.1) is 22.7 Å². The lowest BCUT2D eigenvalue weighted by Crippen LogP contribution is -2.35. The van der Waals surface area contributed by atoms with Gasteiger partial charge in [-0.1, -0.05) is 6.07 Å². The van der Waals surface area contributed by atoms with E-state index in [0.717, 1.165) is 10.4 Å². The second-order valence-corrected chi connectivity index (χ2v) is 8.08. The number of ether oxygens (including phenoxy) is 1. The third-order valence-electron chi connectivity index (χ3n) is 4.40. The first-order valence-electron chi connectivity index (χ1n) is 8.79. The number of nitrogens with one attached hydrogen (secondary N) is 1. The van der Waals surface area contributed by atoms with E-state index in [1.54, 1.807) is 23.5 Å². The number of hydrogen-bond acceptors (Lipinski definition) is 6. The first-order valence-corrected chi connectivity index (χ1v) is 10.5. The lowest BCUT2D eigenvalue weighted by Gasteiger charge is -2.08. The van der Waals surface area contributed by atoms with Crippen LogP contribution in [0.3, 0.4) is 0 Å². The maximum atomic E-state index is 12.9. The molecule has 0 amide bonds. The van der Waals surface area contributed by atoms with Crippen LogP contribution in [0.5, 0.6) is 5.75 Å². The van der Waals surface area contributed by atoms with Gasteiger partial charge in [-0.2, -0.15) is 0 Å². The lowest BCUT2D eigenvalue weighted by molar-refractivity contribution is 0.0697. The molecule has 0 aliphatic carbocycles. The number of hydrogen-bond donors (Lipinski definition) is 2. The van der Waals surface area contributed by atoms with Gasteiger partial charge in [0.05, 0.1) is 17.6 Å². The minimum absolute atomic E-state index is 0.182. The highest BCUT2D eigenvalue weighted by Gasteiger charge is 2.15. The number of nitrogens with zero attached hydrogens (tertiary/aromatic N) is 1. The van der Waals surface area contributed by atoms with Crippen molar-refractivity contribution >= 4 is 38.9 Å². The zero-order valence-electron chi connectivity index (χ0n) is 15.1. The molecular formula is C20H16N2O5S2. The molecule has 9 heteroatoms. The molecule has 3 heterocycles. The molecule has 0 fully saturated rings. The quantitative estimate of drug-likeness (QED) is 0.438. The van der Waals surface area contributed by atoms with Crippen LogP contribution >= 0.6 is 22.7 Å². The molecule has 7 nitrogen and oxygen atoms in total. The first kappa shape index (κ1) is 19.2. The van der Waals surface area contributed by atoms with Crippen molar-refractivity contribution in [3.05, 3.63) is 73.6 Å². The van der Waals surface area contributed by atoms with E-state index < -0.39 is 11.7 Å². The van der Waals surface area contributed by atoms with E-state index in [0.29, 0.717) is 22.4 Å². The second-order valence-electron chi connectivity index (χ2n) is 6.25. The molecule has 0 bridgehead atoms. The number of aromatic carboxylic acids is 1.